The zero-order valence-electron chi connectivity index (χ0n) is 17.0. The average Bonchev–Trinajstić information content (AvgIpc) is 2.58. The minimum atomic E-state index is -0.555. The number of benzene rings is 2. The van der Waals surface area contributed by atoms with Crippen molar-refractivity contribution in [2.45, 2.75) is 59.2 Å². The summed E-state index contributed by atoms with van der Waals surface area (Å²) in [4.78, 5) is 27.4. The van der Waals surface area contributed by atoms with Gasteiger partial charge in [-0.05, 0) is 45.7 Å². The lowest BCUT2D eigenvalue weighted by Gasteiger charge is -2.31. The third-order valence-corrected chi connectivity index (χ3v) is 4.30. The van der Waals surface area contributed by atoms with E-state index in [1.165, 1.54) is 0 Å². The first-order valence-electron chi connectivity index (χ1n) is 9.37. The van der Waals surface area contributed by atoms with E-state index in [1.54, 1.807) is 11.8 Å². The predicted octanol–water partition coefficient (Wildman–Crippen LogP) is 3.87. The SMILES string of the molecule is Cc1cccc(CN(C(=O)Cc2ccccc2)C(C)C(=O)NC(C)(C)C)c1. The van der Waals surface area contributed by atoms with E-state index in [1.807, 2.05) is 76.2 Å². The van der Waals surface area contributed by atoms with Gasteiger partial charge in [0, 0.05) is 12.1 Å². The second-order valence-electron chi connectivity index (χ2n) is 8.09. The average molecular weight is 367 g/mol. The Bertz CT molecular complexity index is 778. The van der Waals surface area contributed by atoms with Gasteiger partial charge in [0.05, 0.1) is 6.42 Å². The molecular weight excluding hydrogens is 336 g/mol. The molecule has 2 rings (SSSR count). The van der Waals surface area contributed by atoms with Crippen molar-refractivity contribution in [2.24, 2.45) is 0 Å². The quantitative estimate of drug-likeness (QED) is 0.844. The zero-order valence-corrected chi connectivity index (χ0v) is 17.0. The number of hydrogen-bond acceptors (Lipinski definition) is 2. The molecule has 0 fully saturated rings. The third-order valence-electron chi connectivity index (χ3n) is 4.30. The summed E-state index contributed by atoms with van der Waals surface area (Å²) in [6.07, 6.45) is 0.278. The van der Waals surface area contributed by atoms with Gasteiger partial charge in [0.15, 0.2) is 0 Å². The standard InChI is InChI=1S/C23H30N2O2/c1-17-10-9-13-20(14-17)16-25(18(2)22(27)24-23(3,4)5)21(26)15-19-11-7-6-8-12-19/h6-14,18H,15-16H2,1-5H3,(H,24,27). The number of aryl methyl sites for hydroxylation is 1. The number of rotatable bonds is 6. The number of nitrogens with one attached hydrogen (secondary N) is 1. The van der Waals surface area contributed by atoms with E-state index in [2.05, 4.69) is 11.4 Å². The van der Waals surface area contributed by atoms with Gasteiger partial charge in [-0.2, -0.15) is 0 Å². The fourth-order valence-electron chi connectivity index (χ4n) is 2.94. The van der Waals surface area contributed by atoms with Gasteiger partial charge in [-0.3, -0.25) is 9.59 Å². The van der Waals surface area contributed by atoms with Gasteiger partial charge in [0.25, 0.3) is 0 Å². The van der Waals surface area contributed by atoms with Gasteiger partial charge in [-0.1, -0.05) is 60.2 Å². The summed E-state index contributed by atoms with van der Waals surface area (Å²) in [5.41, 5.74) is 2.75. The molecule has 4 nitrogen and oxygen atoms in total. The van der Waals surface area contributed by atoms with Crippen LogP contribution in [0, 0.1) is 6.92 Å². The fourth-order valence-corrected chi connectivity index (χ4v) is 2.94. The molecular formula is C23H30N2O2. The van der Waals surface area contributed by atoms with E-state index in [0.717, 1.165) is 16.7 Å². The maximum Gasteiger partial charge on any atom is 0.242 e. The normalized spacial score (nSPS) is 12.3. The number of hydrogen-bond donors (Lipinski definition) is 1. The number of amides is 2. The summed E-state index contributed by atoms with van der Waals surface area (Å²) in [6, 6.07) is 17.1. The number of carbonyl (C=O) groups excluding carboxylic acids is 2. The van der Waals surface area contributed by atoms with E-state index in [0.29, 0.717) is 6.54 Å². The molecule has 0 aliphatic rings. The first kappa shape index (κ1) is 20.7. The molecule has 4 heteroatoms. The summed E-state index contributed by atoms with van der Waals surface area (Å²) in [5, 5.41) is 2.98. The van der Waals surface area contributed by atoms with Crippen molar-refractivity contribution in [1.29, 1.82) is 0 Å². The second-order valence-corrected chi connectivity index (χ2v) is 8.09. The highest BCUT2D eigenvalue weighted by molar-refractivity contribution is 5.88. The Hall–Kier alpha value is -2.62. The van der Waals surface area contributed by atoms with Crippen molar-refractivity contribution in [2.75, 3.05) is 0 Å². The molecule has 0 saturated carbocycles. The Morgan fingerprint density at radius 3 is 2.22 bits per heavy atom. The van der Waals surface area contributed by atoms with Crippen LogP contribution in [0.5, 0.6) is 0 Å². The van der Waals surface area contributed by atoms with Crippen LogP contribution in [0.4, 0.5) is 0 Å². The Balaban J connectivity index is 2.23. The van der Waals surface area contributed by atoms with Gasteiger partial charge in [0.1, 0.15) is 6.04 Å². The number of nitrogens with zero attached hydrogens (tertiary/aromatic N) is 1. The Morgan fingerprint density at radius 2 is 1.63 bits per heavy atom. The molecule has 2 aromatic carbocycles. The fraction of sp³-hybridized carbons (Fsp3) is 0.391. The molecule has 1 unspecified atom stereocenters. The highest BCUT2D eigenvalue weighted by Gasteiger charge is 2.28. The van der Waals surface area contributed by atoms with Crippen LogP contribution in [0.1, 0.15) is 44.4 Å². The second kappa shape index (κ2) is 8.85. The molecule has 1 N–H and O–H groups in total. The van der Waals surface area contributed by atoms with Crippen molar-refractivity contribution in [3.05, 3.63) is 71.3 Å². The van der Waals surface area contributed by atoms with E-state index in [4.69, 9.17) is 0 Å². The minimum Gasteiger partial charge on any atom is -0.350 e. The van der Waals surface area contributed by atoms with E-state index in [-0.39, 0.29) is 23.8 Å². The molecule has 27 heavy (non-hydrogen) atoms. The monoisotopic (exact) mass is 366 g/mol. The highest BCUT2D eigenvalue weighted by atomic mass is 16.2. The Morgan fingerprint density at radius 1 is 1.00 bits per heavy atom. The van der Waals surface area contributed by atoms with Crippen LogP contribution in [0.25, 0.3) is 0 Å². The Kier molecular flexibility index (Phi) is 6.78. The summed E-state index contributed by atoms with van der Waals surface area (Å²) in [5.74, 6) is -0.198. The van der Waals surface area contributed by atoms with Crippen LogP contribution in [-0.4, -0.2) is 28.3 Å². The summed E-state index contributed by atoms with van der Waals surface area (Å²) < 4.78 is 0. The predicted molar refractivity (Wildman–Crippen MR) is 109 cm³/mol. The van der Waals surface area contributed by atoms with Crippen LogP contribution in [0.3, 0.4) is 0 Å². The topological polar surface area (TPSA) is 49.4 Å². The molecule has 0 aliphatic carbocycles. The van der Waals surface area contributed by atoms with Crippen molar-refractivity contribution >= 4 is 11.8 Å². The van der Waals surface area contributed by atoms with Crippen LogP contribution in [0.15, 0.2) is 54.6 Å². The van der Waals surface area contributed by atoms with Crippen LogP contribution in [0.2, 0.25) is 0 Å². The first-order chi connectivity index (χ1) is 12.7. The van der Waals surface area contributed by atoms with E-state index in [9.17, 15) is 9.59 Å². The van der Waals surface area contributed by atoms with Gasteiger partial charge in [0.2, 0.25) is 11.8 Å². The maximum atomic E-state index is 13.1. The minimum absolute atomic E-state index is 0.0562. The van der Waals surface area contributed by atoms with Crippen molar-refractivity contribution in [3.8, 4) is 0 Å². The molecule has 0 aliphatic heterocycles. The van der Waals surface area contributed by atoms with E-state index >= 15 is 0 Å². The molecule has 144 valence electrons. The molecule has 2 aromatic rings. The summed E-state index contributed by atoms with van der Waals surface area (Å²) >= 11 is 0. The van der Waals surface area contributed by atoms with Crippen LogP contribution >= 0.6 is 0 Å². The smallest absolute Gasteiger partial charge is 0.242 e. The van der Waals surface area contributed by atoms with Gasteiger partial charge < -0.3 is 10.2 Å². The lowest BCUT2D eigenvalue weighted by molar-refractivity contribution is -0.140. The van der Waals surface area contributed by atoms with Gasteiger partial charge in [-0.15, -0.1) is 0 Å². The van der Waals surface area contributed by atoms with Gasteiger partial charge >= 0.3 is 0 Å². The van der Waals surface area contributed by atoms with E-state index < -0.39 is 6.04 Å². The molecule has 1 atom stereocenters. The lowest BCUT2D eigenvalue weighted by Crippen LogP contribution is -2.52. The van der Waals surface area contributed by atoms with Crippen LogP contribution < -0.4 is 5.32 Å². The van der Waals surface area contributed by atoms with Crippen molar-refractivity contribution in [1.82, 2.24) is 10.2 Å². The lowest BCUT2D eigenvalue weighted by atomic mass is 10.1. The third kappa shape index (κ3) is 6.55. The molecule has 0 bridgehead atoms. The van der Waals surface area contributed by atoms with Crippen molar-refractivity contribution < 1.29 is 9.59 Å². The van der Waals surface area contributed by atoms with Crippen molar-refractivity contribution in [3.63, 3.8) is 0 Å². The molecule has 0 aromatic heterocycles. The highest BCUT2D eigenvalue weighted by Crippen LogP contribution is 2.14. The molecule has 2 amide bonds. The molecule has 0 radical (unpaired) electrons. The summed E-state index contributed by atoms with van der Waals surface area (Å²) in [6.45, 7) is 10.0. The molecule has 0 spiro atoms. The maximum absolute atomic E-state index is 13.1. The molecule has 0 heterocycles. The molecule has 0 saturated heterocycles. The summed E-state index contributed by atoms with van der Waals surface area (Å²) in [7, 11) is 0. The van der Waals surface area contributed by atoms with Crippen LogP contribution in [-0.2, 0) is 22.6 Å². The Labute approximate surface area is 162 Å². The number of carbonyl (C=O) groups is 2. The van der Waals surface area contributed by atoms with Gasteiger partial charge in [-0.25, -0.2) is 0 Å². The zero-order chi connectivity index (χ0) is 20.0. The first-order valence-corrected chi connectivity index (χ1v) is 9.37. The largest absolute Gasteiger partial charge is 0.350 e.